The van der Waals surface area contributed by atoms with Crippen LogP contribution in [0.2, 0.25) is 0 Å². The molecular formula is C17H19N3O7. The second kappa shape index (κ2) is 6.86. The number of nitrogens with zero attached hydrogens (tertiary/aromatic N) is 2. The van der Waals surface area contributed by atoms with Crippen molar-refractivity contribution in [2.45, 2.75) is 31.9 Å². The van der Waals surface area contributed by atoms with E-state index in [2.05, 4.69) is 5.32 Å². The Morgan fingerprint density at radius 2 is 2.11 bits per heavy atom. The average molecular weight is 377 g/mol. The molecule has 1 heterocycles. The number of nitrogens with one attached hydrogen (secondary N) is 1. The van der Waals surface area contributed by atoms with Crippen molar-refractivity contribution in [1.29, 1.82) is 0 Å². The third-order valence-corrected chi connectivity index (χ3v) is 4.85. The Morgan fingerprint density at radius 3 is 2.70 bits per heavy atom. The van der Waals surface area contributed by atoms with Gasteiger partial charge in [-0.05, 0) is 31.7 Å². The summed E-state index contributed by atoms with van der Waals surface area (Å²) >= 11 is 0. The lowest BCUT2D eigenvalue weighted by Gasteiger charge is -2.20. The molecular weight excluding hydrogens is 358 g/mol. The zero-order valence-electron chi connectivity index (χ0n) is 14.9. The lowest BCUT2D eigenvalue weighted by atomic mass is 9.96. The maximum Gasteiger partial charge on any atom is 0.326 e. The number of nitro groups is 1. The van der Waals surface area contributed by atoms with Gasteiger partial charge in [0.2, 0.25) is 0 Å². The first-order valence-electron chi connectivity index (χ1n) is 8.37. The summed E-state index contributed by atoms with van der Waals surface area (Å²) in [6, 6.07) is 3.29. The molecule has 1 aromatic carbocycles. The van der Waals surface area contributed by atoms with E-state index in [0.717, 1.165) is 17.7 Å². The van der Waals surface area contributed by atoms with Crippen LogP contribution in [0.5, 0.6) is 5.75 Å². The number of esters is 1. The zero-order valence-corrected chi connectivity index (χ0v) is 14.9. The highest BCUT2D eigenvalue weighted by Gasteiger charge is 2.56. The van der Waals surface area contributed by atoms with Gasteiger partial charge in [-0.2, -0.15) is 0 Å². The highest BCUT2D eigenvalue weighted by molar-refractivity contribution is 6.08. The monoisotopic (exact) mass is 377 g/mol. The van der Waals surface area contributed by atoms with Gasteiger partial charge in [-0.15, -0.1) is 0 Å². The summed E-state index contributed by atoms with van der Waals surface area (Å²) in [5, 5.41) is 13.5. The van der Waals surface area contributed by atoms with Gasteiger partial charge in [0.1, 0.15) is 24.4 Å². The largest absolute Gasteiger partial charge is 0.496 e. The smallest absolute Gasteiger partial charge is 0.326 e. The molecule has 0 spiro atoms. The molecule has 144 valence electrons. The molecule has 1 aromatic rings. The minimum absolute atomic E-state index is 0.0871. The molecule has 1 saturated heterocycles. The van der Waals surface area contributed by atoms with Crippen LogP contribution in [0.1, 0.15) is 25.3 Å². The van der Waals surface area contributed by atoms with E-state index in [1.165, 1.54) is 25.3 Å². The van der Waals surface area contributed by atoms with Gasteiger partial charge in [-0.1, -0.05) is 0 Å². The number of hydrogen-bond acceptors (Lipinski definition) is 7. The lowest BCUT2D eigenvalue weighted by molar-refractivity contribution is -0.385. The first kappa shape index (κ1) is 18.6. The molecule has 1 saturated carbocycles. The molecule has 3 rings (SSSR count). The Bertz CT molecular complexity index is 821. The first-order valence-corrected chi connectivity index (χ1v) is 8.37. The van der Waals surface area contributed by atoms with Crippen molar-refractivity contribution in [3.63, 3.8) is 0 Å². The van der Waals surface area contributed by atoms with E-state index in [1.54, 1.807) is 6.92 Å². The Hall–Kier alpha value is -3.17. The molecule has 2 aliphatic rings. The van der Waals surface area contributed by atoms with Crippen LogP contribution < -0.4 is 10.1 Å². The van der Waals surface area contributed by atoms with Crippen LogP contribution in [0.3, 0.4) is 0 Å². The molecule has 0 unspecified atom stereocenters. The van der Waals surface area contributed by atoms with Crippen molar-refractivity contribution in [1.82, 2.24) is 10.2 Å². The van der Waals surface area contributed by atoms with E-state index < -0.39 is 34.9 Å². The standard InChI is InChI=1S/C17H19N3O7/c1-17(11-3-4-11)15(22)19(16(23)18-17)8-14(21)27-9-10-7-12(20(24)25)5-6-13(10)26-2/h5-7,11H,3-4,8-9H2,1-2H3,(H,18,23)/t17-/m0/s1. The lowest BCUT2D eigenvalue weighted by Crippen LogP contribution is -2.46. The fourth-order valence-electron chi connectivity index (χ4n) is 3.12. The number of methoxy groups -OCH3 is 1. The summed E-state index contributed by atoms with van der Waals surface area (Å²) in [7, 11) is 1.39. The van der Waals surface area contributed by atoms with Gasteiger partial charge in [0.25, 0.3) is 11.6 Å². The number of benzene rings is 1. The molecule has 1 aliphatic heterocycles. The molecule has 0 bridgehead atoms. The summed E-state index contributed by atoms with van der Waals surface area (Å²) in [6.45, 7) is 0.849. The number of nitro benzene ring substituents is 1. The second-order valence-electron chi connectivity index (χ2n) is 6.71. The fraction of sp³-hybridized carbons (Fsp3) is 0.471. The predicted molar refractivity (Wildman–Crippen MR) is 90.8 cm³/mol. The SMILES string of the molecule is COc1ccc([N+](=O)[O-])cc1COC(=O)CN1C(=O)N[C@@](C)(C2CC2)C1=O. The van der Waals surface area contributed by atoms with Gasteiger partial charge in [-0.3, -0.25) is 24.6 Å². The van der Waals surface area contributed by atoms with Crippen LogP contribution in [-0.4, -0.2) is 46.9 Å². The minimum Gasteiger partial charge on any atom is -0.496 e. The average Bonchev–Trinajstić information content (AvgIpc) is 3.45. The molecule has 0 aromatic heterocycles. The van der Waals surface area contributed by atoms with Crippen LogP contribution >= 0.6 is 0 Å². The number of non-ortho nitro benzene ring substituents is 1. The number of carbonyl (C=O) groups is 3. The number of amides is 3. The van der Waals surface area contributed by atoms with Gasteiger partial charge >= 0.3 is 12.0 Å². The van der Waals surface area contributed by atoms with Crippen molar-refractivity contribution < 1.29 is 28.8 Å². The van der Waals surface area contributed by atoms with Gasteiger partial charge in [-0.25, -0.2) is 4.79 Å². The van der Waals surface area contributed by atoms with Crippen LogP contribution in [0.15, 0.2) is 18.2 Å². The number of rotatable bonds is 7. The van der Waals surface area contributed by atoms with Crippen molar-refractivity contribution >= 4 is 23.6 Å². The first-order chi connectivity index (χ1) is 12.8. The van der Waals surface area contributed by atoms with Crippen molar-refractivity contribution in [2.24, 2.45) is 5.92 Å². The molecule has 3 amide bonds. The Balaban J connectivity index is 1.63. The van der Waals surface area contributed by atoms with Crippen LogP contribution in [-0.2, 0) is 20.9 Å². The van der Waals surface area contributed by atoms with Gasteiger partial charge < -0.3 is 14.8 Å². The molecule has 10 nitrogen and oxygen atoms in total. The van der Waals surface area contributed by atoms with E-state index in [4.69, 9.17) is 9.47 Å². The summed E-state index contributed by atoms with van der Waals surface area (Å²) in [6.07, 6.45) is 1.71. The zero-order chi connectivity index (χ0) is 19.8. The summed E-state index contributed by atoms with van der Waals surface area (Å²) in [5.41, 5.74) is -0.836. The normalized spacial score (nSPS) is 21.8. The van der Waals surface area contributed by atoms with Crippen LogP contribution in [0.4, 0.5) is 10.5 Å². The molecule has 1 aliphatic carbocycles. The Morgan fingerprint density at radius 1 is 1.41 bits per heavy atom. The van der Waals surface area contributed by atoms with Gasteiger partial charge in [0, 0.05) is 17.7 Å². The molecule has 2 fully saturated rings. The van der Waals surface area contributed by atoms with E-state index >= 15 is 0 Å². The quantitative estimate of drug-likeness (QED) is 0.329. The molecule has 10 heteroatoms. The number of imide groups is 1. The number of urea groups is 1. The van der Waals surface area contributed by atoms with Gasteiger partial charge in [0.15, 0.2) is 0 Å². The van der Waals surface area contributed by atoms with Crippen LogP contribution in [0, 0.1) is 16.0 Å². The number of ether oxygens (including phenoxy) is 2. The topological polar surface area (TPSA) is 128 Å². The molecule has 0 radical (unpaired) electrons. The predicted octanol–water partition coefficient (Wildman–Crippen LogP) is 1.37. The Labute approximate surface area is 154 Å². The van der Waals surface area contributed by atoms with Crippen molar-refractivity contribution in [2.75, 3.05) is 13.7 Å². The molecule has 1 N–H and O–H groups in total. The minimum atomic E-state index is -0.972. The number of carbonyl (C=O) groups excluding carboxylic acids is 3. The van der Waals surface area contributed by atoms with E-state index in [9.17, 15) is 24.5 Å². The van der Waals surface area contributed by atoms with Gasteiger partial charge in [0.05, 0.1) is 12.0 Å². The summed E-state index contributed by atoms with van der Waals surface area (Å²) in [4.78, 5) is 47.8. The van der Waals surface area contributed by atoms with Crippen LogP contribution in [0.25, 0.3) is 0 Å². The van der Waals surface area contributed by atoms with E-state index in [0.29, 0.717) is 11.3 Å². The van der Waals surface area contributed by atoms with E-state index in [1.807, 2.05) is 0 Å². The van der Waals surface area contributed by atoms with Crippen molar-refractivity contribution in [3.05, 3.63) is 33.9 Å². The van der Waals surface area contributed by atoms with Crippen molar-refractivity contribution in [3.8, 4) is 5.75 Å². The maximum atomic E-state index is 12.5. The Kier molecular flexibility index (Phi) is 4.73. The fourth-order valence-corrected chi connectivity index (χ4v) is 3.12. The summed E-state index contributed by atoms with van der Waals surface area (Å²) in [5.74, 6) is -0.833. The number of hydrogen-bond donors (Lipinski definition) is 1. The second-order valence-corrected chi connectivity index (χ2v) is 6.71. The van der Waals surface area contributed by atoms with E-state index in [-0.39, 0.29) is 18.2 Å². The summed E-state index contributed by atoms with van der Waals surface area (Å²) < 4.78 is 10.2. The maximum absolute atomic E-state index is 12.5. The highest BCUT2D eigenvalue weighted by atomic mass is 16.6. The highest BCUT2D eigenvalue weighted by Crippen LogP contribution is 2.42. The molecule has 1 atom stereocenters. The third kappa shape index (κ3) is 3.55. The third-order valence-electron chi connectivity index (χ3n) is 4.85. The molecule has 27 heavy (non-hydrogen) atoms.